The molecule has 1 unspecified atom stereocenters. The van der Waals surface area contributed by atoms with Crippen molar-refractivity contribution in [2.45, 2.75) is 110 Å². The van der Waals surface area contributed by atoms with Crippen LogP contribution in [0.3, 0.4) is 0 Å². The zero-order valence-electron chi connectivity index (χ0n) is 21.7. The Morgan fingerprint density at radius 3 is 2.03 bits per heavy atom. The molecule has 1 heterocycles. The predicted molar refractivity (Wildman–Crippen MR) is 133 cm³/mol. The summed E-state index contributed by atoms with van der Waals surface area (Å²) in [4.78, 5) is 14.1. The number of carbonyl (C=O) groups is 1. The fourth-order valence-corrected chi connectivity index (χ4v) is 4.49. The van der Waals surface area contributed by atoms with Crippen LogP contribution < -0.4 is 4.72 Å². The summed E-state index contributed by atoms with van der Waals surface area (Å²) in [7, 11) is -3.11. The second-order valence-corrected chi connectivity index (χ2v) is 18.8. The van der Waals surface area contributed by atoms with Gasteiger partial charge in [-0.3, -0.25) is 0 Å². The third kappa shape index (κ3) is 9.76. The maximum atomic E-state index is 12.8. The molecule has 1 N–H and O–H groups in total. The van der Waals surface area contributed by atoms with Crippen molar-refractivity contribution in [2.24, 2.45) is 0 Å². The summed E-state index contributed by atoms with van der Waals surface area (Å²) in [5.41, 5.74) is 0.780. The molecule has 0 aromatic rings. The molecule has 6 nitrogen and oxygen atoms in total. The van der Waals surface area contributed by atoms with Gasteiger partial charge < -0.3 is 14.1 Å². The topological polar surface area (TPSA) is 67.9 Å². The van der Waals surface area contributed by atoms with Crippen molar-refractivity contribution >= 4 is 25.4 Å². The van der Waals surface area contributed by atoms with Crippen molar-refractivity contribution in [3.63, 3.8) is 0 Å². The van der Waals surface area contributed by atoms with Gasteiger partial charge in [0.05, 0.1) is 28.4 Å². The van der Waals surface area contributed by atoms with Crippen molar-refractivity contribution in [1.82, 2.24) is 9.62 Å². The molecule has 182 valence electrons. The van der Waals surface area contributed by atoms with Gasteiger partial charge in [0.1, 0.15) is 5.60 Å². The molecule has 1 saturated heterocycles. The van der Waals surface area contributed by atoms with Crippen LogP contribution in [0.5, 0.6) is 0 Å². The van der Waals surface area contributed by atoms with E-state index in [1.807, 2.05) is 41.5 Å². The van der Waals surface area contributed by atoms with Gasteiger partial charge in [-0.05, 0) is 72.5 Å². The molecule has 0 radical (unpaired) electrons. The molecule has 8 heteroatoms. The third-order valence-corrected chi connectivity index (χ3v) is 11.9. The van der Waals surface area contributed by atoms with Crippen LogP contribution in [0.25, 0.3) is 0 Å². The summed E-state index contributed by atoms with van der Waals surface area (Å²) in [6.45, 7) is 24.5. The van der Waals surface area contributed by atoms with Crippen molar-refractivity contribution in [1.29, 1.82) is 0 Å². The Morgan fingerprint density at radius 2 is 1.61 bits per heavy atom. The summed E-state index contributed by atoms with van der Waals surface area (Å²) in [6, 6.07) is -0.128. The predicted octanol–water partition coefficient (Wildman–Crippen LogP) is 5.39. The number of likely N-dealkylation sites (tertiary alicyclic amines) is 1. The SMILES string of the molecule is CC(C)(C)OC(=O)N1CCC(=C[C@H](CO[Si](C)(C)C(C)(C)C)NS(=O)C(C)(C)C)CC1. The first kappa shape index (κ1) is 28.3. The Kier molecular flexibility index (Phi) is 9.58. The Labute approximate surface area is 194 Å². The number of nitrogens with zero attached hydrogens (tertiary/aromatic N) is 1. The van der Waals surface area contributed by atoms with Crippen LogP contribution in [-0.2, 0) is 20.1 Å². The van der Waals surface area contributed by atoms with E-state index in [0.717, 1.165) is 12.8 Å². The number of ether oxygens (including phenoxy) is 1. The quantitative estimate of drug-likeness (QED) is 0.414. The molecule has 0 spiro atoms. The molecule has 0 bridgehead atoms. The van der Waals surface area contributed by atoms with Crippen LogP contribution in [0.15, 0.2) is 11.6 Å². The van der Waals surface area contributed by atoms with E-state index in [-0.39, 0.29) is 21.9 Å². The summed E-state index contributed by atoms with van der Waals surface area (Å²) in [5, 5.41) is 0.118. The second kappa shape index (κ2) is 10.5. The van der Waals surface area contributed by atoms with E-state index in [1.54, 1.807) is 4.90 Å². The number of hydrogen-bond donors (Lipinski definition) is 1. The first-order chi connectivity index (χ1) is 13.8. The van der Waals surface area contributed by atoms with E-state index < -0.39 is 24.9 Å². The average Bonchev–Trinajstić information content (AvgIpc) is 2.57. The number of amides is 1. The third-order valence-electron chi connectivity index (χ3n) is 5.74. The molecule has 1 aliphatic rings. The molecular weight excluding hydrogens is 428 g/mol. The minimum absolute atomic E-state index is 0.118. The summed E-state index contributed by atoms with van der Waals surface area (Å²) in [5.74, 6) is 0. The number of piperidine rings is 1. The monoisotopic (exact) mass is 474 g/mol. The Hall–Kier alpha value is -0.703. The fourth-order valence-electron chi connectivity index (χ4n) is 2.70. The van der Waals surface area contributed by atoms with Crippen molar-refractivity contribution in [3.05, 3.63) is 11.6 Å². The highest BCUT2D eigenvalue weighted by Crippen LogP contribution is 2.36. The molecule has 0 aliphatic carbocycles. The number of nitrogens with one attached hydrogen (secondary N) is 1. The zero-order valence-corrected chi connectivity index (χ0v) is 23.5. The van der Waals surface area contributed by atoms with Gasteiger partial charge in [0.15, 0.2) is 8.32 Å². The first-order valence-electron chi connectivity index (χ1n) is 11.3. The molecule has 0 saturated carbocycles. The molecule has 2 atom stereocenters. The van der Waals surface area contributed by atoms with Gasteiger partial charge in [0.2, 0.25) is 0 Å². The van der Waals surface area contributed by atoms with E-state index in [1.165, 1.54) is 5.57 Å². The second-order valence-electron chi connectivity index (χ2n) is 12.0. The Morgan fingerprint density at radius 1 is 1.10 bits per heavy atom. The van der Waals surface area contributed by atoms with Gasteiger partial charge >= 0.3 is 6.09 Å². The maximum Gasteiger partial charge on any atom is 0.410 e. The molecule has 1 aliphatic heterocycles. The zero-order chi connectivity index (χ0) is 24.3. The number of carbonyl (C=O) groups excluding carboxylic acids is 1. The van der Waals surface area contributed by atoms with E-state index >= 15 is 0 Å². The van der Waals surface area contributed by atoms with Crippen molar-refractivity contribution in [2.75, 3.05) is 19.7 Å². The van der Waals surface area contributed by atoms with E-state index in [0.29, 0.717) is 19.7 Å². The van der Waals surface area contributed by atoms with Crippen LogP contribution in [-0.4, -0.2) is 59.6 Å². The summed E-state index contributed by atoms with van der Waals surface area (Å²) >= 11 is 0. The van der Waals surface area contributed by atoms with Gasteiger partial charge in [-0.25, -0.2) is 13.7 Å². The highest BCUT2D eigenvalue weighted by Gasteiger charge is 2.38. The van der Waals surface area contributed by atoms with E-state index in [2.05, 4.69) is 44.7 Å². The van der Waals surface area contributed by atoms with Crippen LogP contribution in [0.4, 0.5) is 4.79 Å². The van der Waals surface area contributed by atoms with Gasteiger partial charge in [-0.2, -0.15) is 0 Å². The van der Waals surface area contributed by atoms with Gasteiger partial charge in [-0.1, -0.05) is 32.4 Å². The van der Waals surface area contributed by atoms with Gasteiger partial charge in [0.25, 0.3) is 0 Å². The van der Waals surface area contributed by atoms with E-state index in [4.69, 9.17) is 9.16 Å². The lowest BCUT2D eigenvalue weighted by Crippen LogP contribution is -2.47. The van der Waals surface area contributed by atoms with Crippen LogP contribution in [0.1, 0.15) is 75.2 Å². The lowest BCUT2D eigenvalue weighted by molar-refractivity contribution is 0.0236. The summed E-state index contributed by atoms with van der Waals surface area (Å²) in [6.07, 6.45) is 3.50. The highest BCUT2D eigenvalue weighted by molar-refractivity contribution is 7.84. The summed E-state index contributed by atoms with van der Waals surface area (Å²) < 4.78 is 27.6. The fraction of sp³-hybridized carbons (Fsp3) is 0.870. The lowest BCUT2D eigenvalue weighted by atomic mass is 10.0. The molecule has 1 amide bonds. The largest absolute Gasteiger partial charge is 0.444 e. The van der Waals surface area contributed by atoms with Crippen LogP contribution in [0, 0.1) is 0 Å². The molecule has 0 aromatic carbocycles. The highest BCUT2D eigenvalue weighted by atomic mass is 32.2. The van der Waals surface area contributed by atoms with Gasteiger partial charge in [0, 0.05) is 13.1 Å². The minimum atomic E-state index is -1.92. The van der Waals surface area contributed by atoms with Gasteiger partial charge in [-0.15, -0.1) is 0 Å². The molecule has 1 fully saturated rings. The van der Waals surface area contributed by atoms with E-state index in [9.17, 15) is 9.00 Å². The lowest BCUT2D eigenvalue weighted by Gasteiger charge is -2.37. The Balaban J connectivity index is 2.86. The normalized spacial score (nSPS) is 18.5. The van der Waals surface area contributed by atoms with Crippen molar-refractivity contribution in [3.8, 4) is 0 Å². The molecule has 31 heavy (non-hydrogen) atoms. The first-order valence-corrected chi connectivity index (χ1v) is 15.4. The maximum absolute atomic E-state index is 12.8. The number of hydrogen-bond acceptors (Lipinski definition) is 4. The standard InChI is InChI=1S/C23H46N2O4SSi/c1-21(2,3)29-20(26)25-14-12-18(13-15-25)16-19(24-30(27)22(4,5)6)17-28-31(10,11)23(7,8)9/h16,19,24H,12-15,17H2,1-11H3/t19-,30?/m1/s1. The Bertz CT molecular complexity index is 663. The van der Waals surface area contributed by atoms with Crippen LogP contribution >= 0.6 is 0 Å². The minimum Gasteiger partial charge on any atom is -0.444 e. The number of rotatable bonds is 6. The van der Waals surface area contributed by atoms with Crippen molar-refractivity contribution < 1.29 is 18.2 Å². The molecular formula is C23H46N2O4SSi. The average molecular weight is 475 g/mol. The van der Waals surface area contributed by atoms with Crippen LogP contribution in [0.2, 0.25) is 18.1 Å². The molecule has 0 aromatic heterocycles. The molecule has 1 rings (SSSR count). The smallest absolute Gasteiger partial charge is 0.410 e.